The number of benzene rings is 1. The molecular weight excluding hydrogens is 290 g/mol. The summed E-state index contributed by atoms with van der Waals surface area (Å²) in [6, 6.07) is 4.26. The molecule has 2 rings (SSSR count). The van der Waals surface area contributed by atoms with Gasteiger partial charge in [0.2, 0.25) is 0 Å². The average molecular weight is 298 g/mol. The average Bonchev–Trinajstić information content (AvgIpc) is 2.72. The van der Waals surface area contributed by atoms with E-state index in [4.69, 9.17) is 17.3 Å². The Morgan fingerprint density at radius 1 is 1.30 bits per heavy atom. The second kappa shape index (κ2) is 5.13. The van der Waals surface area contributed by atoms with Gasteiger partial charge in [0, 0.05) is 6.07 Å². The third-order valence-electron chi connectivity index (χ3n) is 2.51. The zero-order chi connectivity index (χ0) is 14.9. The highest BCUT2D eigenvalue weighted by atomic mass is 35.5. The first-order valence-electron chi connectivity index (χ1n) is 5.28. The zero-order valence-corrected chi connectivity index (χ0v) is 10.6. The van der Waals surface area contributed by atoms with Gasteiger partial charge in [0.1, 0.15) is 5.69 Å². The lowest BCUT2D eigenvalue weighted by Crippen LogP contribution is -2.03. The van der Waals surface area contributed by atoms with Crippen molar-refractivity contribution >= 4 is 28.8 Å². The van der Waals surface area contributed by atoms with E-state index in [0.29, 0.717) is 5.56 Å². The number of nitrogens with zero attached hydrogens (tertiary/aromatic N) is 4. The van der Waals surface area contributed by atoms with E-state index < -0.39 is 15.7 Å². The van der Waals surface area contributed by atoms with Crippen molar-refractivity contribution in [3.05, 3.63) is 55.2 Å². The van der Waals surface area contributed by atoms with Crippen LogP contribution < -0.4 is 5.73 Å². The monoisotopic (exact) mass is 297 g/mol. The molecular formula is C10H8ClN5O4. The number of aromatic nitrogens is 2. The van der Waals surface area contributed by atoms with E-state index in [2.05, 4.69) is 5.10 Å². The Kier molecular flexibility index (Phi) is 3.53. The Balaban J connectivity index is 2.31. The fraction of sp³-hybridized carbons (Fsp3) is 0.100. The standard InChI is InChI=1S/C10H8ClN5O4/c11-7-5-14(13-10(7)16(19)20)4-6-1-2-8(12)9(3-6)15(17)18/h1-3,5H,4,12H2. The number of rotatable bonds is 4. The normalized spacial score (nSPS) is 10.4. The molecule has 2 aromatic rings. The molecule has 0 saturated heterocycles. The maximum absolute atomic E-state index is 10.8. The summed E-state index contributed by atoms with van der Waals surface area (Å²) in [6.45, 7) is 0.106. The molecule has 0 saturated carbocycles. The van der Waals surface area contributed by atoms with Gasteiger partial charge in [0.15, 0.2) is 5.02 Å². The van der Waals surface area contributed by atoms with Crippen molar-refractivity contribution in [3.8, 4) is 0 Å². The molecule has 1 aromatic heterocycles. The van der Waals surface area contributed by atoms with E-state index in [1.54, 1.807) is 6.07 Å². The number of hydrogen-bond acceptors (Lipinski definition) is 6. The molecule has 1 heterocycles. The van der Waals surface area contributed by atoms with Crippen LogP contribution in [0.3, 0.4) is 0 Å². The maximum atomic E-state index is 10.8. The van der Waals surface area contributed by atoms with E-state index in [1.165, 1.54) is 23.0 Å². The van der Waals surface area contributed by atoms with Crippen LogP contribution in [-0.4, -0.2) is 19.6 Å². The second-order valence-electron chi connectivity index (χ2n) is 3.91. The number of nitrogens with two attached hydrogens (primary N) is 1. The fourth-order valence-corrected chi connectivity index (χ4v) is 1.84. The summed E-state index contributed by atoms with van der Waals surface area (Å²) in [6.07, 6.45) is 1.28. The van der Waals surface area contributed by atoms with Crippen LogP contribution in [-0.2, 0) is 6.54 Å². The number of nitro benzene ring substituents is 1. The highest BCUT2D eigenvalue weighted by Gasteiger charge is 2.20. The molecule has 0 fully saturated rings. The van der Waals surface area contributed by atoms with E-state index in [-0.39, 0.29) is 22.9 Å². The highest BCUT2D eigenvalue weighted by molar-refractivity contribution is 6.32. The van der Waals surface area contributed by atoms with Gasteiger partial charge in [-0.3, -0.25) is 10.1 Å². The third-order valence-corrected chi connectivity index (χ3v) is 2.77. The number of hydrogen-bond donors (Lipinski definition) is 1. The molecule has 1 aromatic carbocycles. The lowest BCUT2D eigenvalue weighted by atomic mass is 10.2. The summed E-state index contributed by atoms with van der Waals surface area (Å²) in [5, 5.41) is 25.0. The van der Waals surface area contributed by atoms with Gasteiger partial charge in [-0.2, -0.15) is 4.68 Å². The van der Waals surface area contributed by atoms with Gasteiger partial charge in [-0.25, -0.2) is 0 Å². The van der Waals surface area contributed by atoms with Crippen LogP contribution in [0, 0.1) is 20.2 Å². The van der Waals surface area contributed by atoms with Gasteiger partial charge in [-0.1, -0.05) is 17.7 Å². The first kappa shape index (κ1) is 13.7. The summed E-state index contributed by atoms with van der Waals surface area (Å²) < 4.78 is 1.23. The van der Waals surface area contributed by atoms with E-state index in [1.807, 2.05) is 0 Å². The van der Waals surface area contributed by atoms with E-state index in [0.717, 1.165) is 0 Å². The minimum absolute atomic E-state index is 0.0447. The van der Waals surface area contributed by atoms with Crippen LogP contribution >= 0.6 is 11.6 Å². The Labute approximate surface area is 116 Å². The first-order valence-corrected chi connectivity index (χ1v) is 5.66. The van der Waals surface area contributed by atoms with Crippen LogP contribution in [0.4, 0.5) is 17.2 Å². The van der Waals surface area contributed by atoms with Crippen molar-refractivity contribution in [2.24, 2.45) is 0 Å². The topological polar surface area (TPSA) is 130 Å². The van der Waals surface area contributed by atoms with Crippen LogP contribution in [0.2, 0.25) is 5.02 Å². The molecule has 0 aliphatic carbocycles. The minimum Gasteiger partial charge on any atom is -0.393 e. The predicted molar refractivity (Wildman–Crippen MR) is 70.5 cm³/mol. The maximum Gasteiger partial charge on any atom is 0.408 e. The quantitative estimate of drug-likeness (QED) is 0.521. The highest BCUT2D eigenvalue weighted by Crippen LogP contribution is 2.25. The summed E-state index contributed by atoms with van der Waals surface area (Å²) in [7, 11) is 0. The molecule has 0 spiro atoms. The summed E-state index contributed by atoms with van der Waals surface area (Å²) in [5.74, 6) is -0.461. The number of anilines is 1. The van der Waals surface area contributed by atoms with Gasteiger partial charge in [0.05, 0.1) is 22.8 Å². The molecule has 20 heavy (non-hydrogen) atoms. The summed E-state index contributed by atoms with van der Waals surface area (Å²) in [4.78, 5) is 20.1. The van der Waals surface area contributed by atoms with Crippen LogP contribution in [0.15, 0.2) is 24.4 Å². The molecule has 0 amide bonds. The minimum atomic E-state index is -0.704. The van der Waals surface area contributed by atoms with Crippen molar-refractivity contribution in [2.75, 3.05) is 5.73 Å². The zero-order valence-electron chi connectivity index (χ0n) is 9.89. The van der Waals surface area contributed by atoms with Gasteiger partial charge in [-0.05, 0) is 16.6 Å². The van der Waals surface area contributed by atoms with E-state index in [9.17, 15) is 20.2 Å². The Morgan fingerprint density at radius 2 is 2.00 bits per heavy atom. The largest absolute Gasteiger partial charge is 0.408 e. The van der Waals surface area contributed by atoms with Crippen LogP contribution in [0.1, 0.15) is 5.56 Å². The van der Waals surface area contributed by atoms with Crippen LogP contribution in [0.5, 0.6) is 0 Å². The molecule has 2 N–H and O–H groups in total. The third kappa shape index (κ3) is 2.67. The van der Waals surface area contributed by atoms with Gasteiger partial charge >= 0.3 is 5.82 Å². The molecule has 0 aliphatic rings. The Morgan fingerprint density at radius 3 is 2.55 bits per heavy atom. The first-order chi connectivity index (χ1) is 9.38. The van der Waals surface area contributed by atoms with Crippen molar-refractivity contribution in [1.29, 1.82) is 0 Å². The molecule has 9 nitrogen and oxygen atoms in total. The summed E-state index contributed by atoms with van der Waals surface area (Å²) >= 11 is 5.66. The van der Waals surface area contributed by atoms with Crippen molar-refractivity contribution in [3.63, 3.8) is 0 Å². The molecule has 0 radical (unpaired) electrons. The van der Waals surface area contributed by atoms with Gasteiger partial charge in [-0.15, -0.1) is 0 Å². The fourth-order valence-electron chi connectivity index (χ4n) is 1.62. The predicted octanol–water partition coefficient (Wildman–Crippen LogP) is 1.98. The molecule has 0 aliphatic heterocycles. The lowest BCUT2D eigenvalue weighted by Gasteiger charge is -2.01. The van der Waals surface area contributed by atoms with Crippen LogP contribution in [0.25, 0.3) is 0 Å². The molecule has 0 bridgehead atoms. The number of nitrogen functional groups attached to an aromatic ring is 1. The number of nitro groups is 2. The molecule has 10 heteroatoms. The summed E-state index contributed by atoms with van der Waals surface area (Å²) in [5.41, 5.74) is 5.82. The van der Waals surface area contributed by atoms with Crippen molar-refractivity contribution < 1.29 is 9.85 Å². The van der Waals surface area contributed by atoms with Gasteiger partial charge < -0.3 is 15.8 Å². The smallest absolute Gasteiger partial charge is 0.393 e. The van der Waals surface area contributed by atoms with Gasteiger partial charge in [0.25, 0.3) is 5.69 Å². The van der Waals surface area contributed by atoms with Crippen molar-refractivity contribution in [1.82, 2.24) is 9.78 Å². The Hall–Kier alpha value is -2.68. The van der Waals surface area contributed by atoms with E-state index >= 15 is 0 Å². The lowest BCUT2D eigenvalue weighted by molar-refractivity contribution is -0.389. The molecule has 0 unspecified atom stereocenters. The molecule has 104 valence electrons. The number of halogens is 1. The van der Waals surface area contributed by atoms with Crippen molar-refractivity contribution in [2.45, 2.75) is 6.54 Å². The molecule has 0 atom stereocenters. The SMILES string of the molecule is Nc1ccc(Cn2cc(Cl)c([N+](=O)[O-])n2)cc1[N+](=O)[O-]. The second-order valence-corrected chi connectivity index (χ2v) is 4.31. The Bertz CT molecular complexity index is 699.